The standard InChI is InChI=1S/C78H58N2O2/c1-45-50-37-33-46(79(68-29-17-24-58-55-21-10-14-31-70(55)81-74(58)68)47-34-38-53-51-19-8-12-26-62(51)76(2,3)65(53)42-47)41-61(50)57-23-16-28-64-73(57)72(45)60-40-36-49(44-67(60)78(64,6)7)80(69-30-18-25-59-56-22-11-15-32-71(56)82-75(59)69)48-35-39-54-52-20-9-13-27-63(52)77(4,5)66(54)43-48/h8-44H,1-7H3. The van der Waals surface area contributed by atoms with Gasteiger partial charge in [0.05, 0.1) is 11.4 Å². The van der Waals surface area contributed by atoms with Gasteiger partial charge in [0.1, 0.15) is 11.2 Å². The molecule has 0 amide bonds. The van der Waals surface area contributed by atoms with Crippen LogP contribution in [0.3, 0.4) is 0 Å². The predicted molar refractivity (Wildman–Crippen MR) is 343 cm³/mol. The van der Waals surface area contributed by atoms with Crippen molar-refractivity contribution in [1.82, 2.24) is 0 Å². The summed E-state index contributed by atoms with van der Waals surface area (Å²) in [6.45, 7) is 16.6. The molecule has 2 aromatic heterocycles. The molecule has 4 nitrogen and oxygen atoms in total. The Bertz CT molecular complexity index is 5120. The minimum absolute atomic E-state index is 0.173. The van der Waals surface area contributed by atoms with Crippen LogP contribution in [-0.2, 0) is 16.2 Å². The molecule has 82 heavy (non-hydrogen) atoms. The normalized spacial score (nSPS) is 14.8. The SMILES string of the molecule is Cc1c2c3c(cccc3c3cc(N(c4ccc5c(c4)C(C)(C)c4ccccc4-5)c4cccc5c4oc4ccccc45)ccc13)C(C)(C)c1cc(N(c3ccc4c(c3)C(C)(C)c3ccccc3-4)c3cccc4c3oc3ccccc34)ccc1-2. The molecule has 14 aromatic rings. The lowest BCUT2D eigenvalue weighted by Crippen LogP contribution is -2.25. The monoisotopic (exact) mass is 1050 g/mol. The fraction of sp³-hybridized carbons (Fsp3) is 0.128. The minimum atomic E-state index is -0.369. The van der Waals surface area contributed by atoms with Crippen LogP contribution >= 0.6 is 0 Å². The van der Waals surface area contributed by atoms with E-state index in [1.807, 2.05) is 0 Å². The number of para-hydroxylation sites is 4. The van der Waals surface area contributed by atoms with Gasteiger partial charge >= 0.3 is 0 Å². The largest absolute Gasteiger partial charge is 0.454 e. The smallest absolute Gasteiger partial charge is 0.159 e. The summed E-state index contributed by atoms with van der Waals surface area (Å²) in [5, 5.41) is 9.49. The summed E-state index contributed by atoms with van der Waals surface area (Å²) in [7, 11) is 0. The fourth-order valence-corrected chi connectivity index (χ4v) is 15.3. The molecule has 0 radical (unpaired) electrons. The number of nitrogens with zero attached hydrogens (tertiary/aromatic N) is 2. The third-order valence-corrected chi connectivity index (χ3v) is 19.4. The highest BCUT2D eigenvalue weighted by atomic mass is 16.3. The van der Waals surface area contributed by atoms with Gasteiger partial charge in [-0.05, 0) is 174 Å². The molecular formula is C78H58N2O2. The van der Waals surface area contributed by atoms with Crippen molar-refractivity contribution in [3.63, 3.8) is 0 Å². The van der Waals surface area contributed by atoms with Crippen LogP contribution in [0.4, 0.5) is 34.1 Å². The van der Waals surface area contributed by atoms with E-state index < -0.39 is 0 Å². The van der Waals surface area contributed by atoms with Crippen LogP contribution in [0.25, 0.3) is 98.8 Å². The molecule has 0 N–H and O–H groups in total. The first-order chi connectivity index (χ1) is 39.9. The lowest BCUT2D eigenvalue weighted by molar-refractivity contribution is 0.645. The number of aryl methyl sites for hydroxylation is 1. The summed E-state index contributed by atoms with van der Waals surface area (Å²) >= 11 is 0. The van der Waals surface area contributed by atoms with Gasteiger partial charge in [-0.2, -0.15) is 0 Å². The first-order valence-corrected chi connectivity index (χ1v) is 28.9. The van der Waals surface area contributed by atoms with Crippen LogP contribution < -0.4 is 9.80 Å². The van der Waals surface area contributed by atoms with Crippen LogP contribution in [0.1, 0.15) is 80.5 Å². The Labute approximate surface area is 477 Å². The molecule has 0 unspecified atom stereocenters. The molecule has 0 bridgehead atoms. The van der Waals surface area contributed by atoms with Gasteiger partial charge in [0.2, 0.25) is 0 Å². The Kier molecular flexibility index (Phi) is 9.49. The highest BCUT2D eigenvalue weighted by Crippen LogP contribution is 2.57. The zero-order valence-electron chi connectivity index (χ0n) is 47.1. The quantitative estimate of drug-likeness (QED) is 0.155. The number of rotatable bonds is 6. The molecule has 3 aliphatic carbocycles. The maximum absolute atomic E-state index is 6.88. The molecule has 0 saturated heterocycles. The Morgan fingerprint density at radius 1 is 0.293 bits per heavy atom. The highest BCUT2D eigenvalue weighted by Gasteiger charge is 2.40. The van der Waals surface area contributed by atoms with Crippen LogP contribution in [0, 0.1) is 6.92 Å². The summed E-state index contributed by atoms with van der Waals surface area (Å²) in [5.74, 6) is 0. The summed E-state index contributed by atoms with van der Waals surface area (Å²) in [6, 6.07) is 83.4. The van der Waals surface area contributed by atoms with E-state index in [2.05, 4.69) is 283 Å². The Morgan fingerprint density at radius 3 is 1.23 bits per heavy atom. The minimum Gasteiger partial charge on any atom is -0.454 e. The Hall–Kier alpha value is -9.64. The van der Waals surface area contributed by atoms with E-state index in [0.29, 0.717) is 0 Å². The van der Waals surface area contributed by atoms with E-state index in [9.17, 15) is 0 Å². The zero-order valence-corrected chi connectivity index (χ0v) is 47.1. The molecule has 0 fully saturated rings. The number of furan rings is 2. The summed E-state index contributed by atoms with van der Waals surface area (Å²) in [6.07, 6.45) is 0. The van der Waals surface area contributed by atoms with Crippen LogP contribution in [0.5, 0.6) is 0 Å². The predicted octanol–water partition coefficient (Wildman–Crippen LogP) is 22.0. The third kappa shape index (κ3) is 6.27. The van der Waals surface area contributed by atoms with Crippen LogP contribution in [-0.4, -0.2) is 0 Å². The summed E-state index contributed by atoms with van der Waals surface area (Å²) in [4.78, 5) is 4.89. The molecule has 17 rings (SSSR count). The van der Waals surface area contributed by atoms with Crippen molar-refractivity contribution in [3.8, 4) is 33.4 Å². The maximum Gasteiger partial charge on any atom is 0.159 e. The van der Waals surface area contributed by atoms with E-state index in [1.165, 1.54) is 93.9 Å². The molecule has 12 aromatic carbocycles. The van der Waals surface area contributed by atoms with Gasteiger partial charge < -0.3 is 18.6 Å². The topological polar surface area (TPSA) is 32.8 Å². The van der Waals surface area contributed by atoms with Gasteiger partial charge in [0.15, 0.2) is 11.2 Å². The van der Waals surface area contributed by atoms with Gasteiger partial charge in [-0.3, -0.25) is 0 Å². The van der Waals surface area contributed by atoms with Gasteiger partial charge in [0.25, 0.3) is 0 Å². The summed E-state index contributed by atoms with van der Waals surface area (Å²) in [5.41, 5.74) is 26.3. The van der Waals surface area contributed by atoms with Crippen molar-refractivity contribution in [2.45, 2.75) is 64.7 Å². The van der Waals surface area contributed by atoms with Gasteiger partial charge in [-0.15, -0.1) is 0 Å². The molecule has 392 valence electrons. The van der Waals surface area contributed by atoms with Crippen molar-refractivity contribution in [2.24, 2.45) is 0 Å². The molecule has 4 heteroatoms. The number of fused-ring (bicyclic) bond motifs is 16. The number of benzene rings is 12. The Balaban J connectivity index is 0.861. The fourth-order valence-electron chi connectivity index (χ4n) is 15.3. The molecule has 0 aliphatic heterocycles. The molecular weight excluding hydrogens is 997 g/mol. The average molecular weight is 1060 g/mol. The van der Waals surface area contributed by atoms with Crippen LogP contribution in [0.15, 0.2) is 233 Å². The first kappa shape index (κ1) is 47.2. The molecule has 0 spiro atoms. The Morgan fingerprint density at radius 2 is 0.683 bits per heavy atom. The van der Waals surface area contributed by atoms with E-state index in [0.717, 1.165) is 78.0 Å². The van der Waals surface area contributed by atoms with E-state index in [4.69, 9.17) is 8.83 Å². The lowest BCUT2D eigenvalue weighted by Gasteiger charge is -2.38. The third-order valence-electron chi connectivity index (χ3n) is 19.4. The van der Waals surface area contributed by atoms with Crippen molar-refractivity contribution in [2.75, 3.05) is 9.80 Å². The summed E-state index contributed by atoms with van der Waals surface area (Å²) < 4.78 is 13.8. The second kappa shape index (κ2) is 16.5. The molecule has 3 aliphatic rings. The van der Waals surface area contributed by atoms with Crippen molar-refractivity contribution in [1.29, 1.82) is 0 Å². The molecule has 2 heterocycles. The second-order valence-electron chi connectivity index (χ2n) is 24.8. The van der Waals surface area contributed by atoms with Gasteiger partial charge in [-0.1, -0.05) is 193 Å². The highest BCUT2D eigenvalue weighted by molar-refractivity contribution is 6.20. The molecule has 0 saturated carbocycles. The maximum atomic E-state index is 6.88. The van der Waals surface area contributed by atoms with E-state index in [-0.39, 0.29) is 16.2 Å². The average Bonchev–Trinajstić information content (AvgIpc) is 2.39. The first-order valence-electron chi connectivity index (χ1n) is 28.9. The van der Waals surface area contributed by atoms with Crippen molar-refractivity contribution >= 4 is 99.5 Å². The molecule has 0 atom stereocenters. The zero-order chi connectivity index (χ0) is 55.1. The van der Waals surface area contributed by atoms with Crippen molar-refractivity contribution in [3.05, 3.63) is 263 Å². The lowest BCUT2D eigenvalue weighted by atomic mass is 9.67. The second-order valence-corrected chi connectivity index (χ2v) is 24.8. The van der Waals surface area contributed by atoms with Crippen molar-refractivity contribution < 1.29 is 8.83 Å². The van der Waals surface area contributed by atoms with Crippen LogP contribution in [0.2, 0.25) is 0 Å². The number of hydrogen-bond acceptors (Lipinski definition) is 4. The van der Waals surface area contributed by atoms with E-state index >= 15 is 0 Å². The van der Waals surface area contributed by atoms with Gasteiger partial charge in [-0.25, -0.2) is 0 Å². The number of anilines is 6. The van der Waals surface area contributed by atoms with Gasteiger partial charge in [0, 0.05) is 60.5 Å². The number of hydrogen-bond donors (Lipinski definition) is 0. The van der Waals surface area contributed by atoms with E-state index in [1.54, 1.807) is 0 Å².